The molecule has 1 amide bonds. The summed E-state index contributed by atoms with van der Waals surface area (Å²) in [5.41, 5.74) is 5.91. The zero-order chi connectivity index (χ0) is 21.3. The summed E-state index contributed by atoms with van der Waals surface area (Å²) in [5, 5.41) is 11.7. The molecule has 1 aromatic carbocycles. The first-order valence-electron chi connectivity index (χ1n) is 9.44. The molecule has 30 heavy (non-hydrogen) atoms. The Morgan fingerprint density at radius 3 is 2.77 bits per heavy atom. The topological polar surface area (TPSA) is 69.0 Å². The number of nitrogens with one attached hydrogen (secondary N) is 1. The average molecular weight is 439 g/mol. The molecule has 0 radical (unpaired) electrons. The number of hydrogen-bond donors (Lipinski definition) is 1. The van der Waals surface area contributed by atoms with Gasteiger partial charge in [0, 0.05) is 29.8 Å². The molecule has 0 aliphatic rings. The number of thiazole rings is 1. The van der Waals surface area contributed by atoms with Crippen molar-refractivity contribution < 1.29 is 9.53 Å². The van der Waals surface area contributed by atoms with E-state index >= 15 is 0 Å². The zero-order valence-electron chi connectivity index (χ0n) is 17.2. The third-order valence-electron chi connectivity index (χ3n) is 4.63. The Labute approximate surface area is 183 Å². The van der Waals surface area contributed by atoms with Crippen molar-refractivity contribution in [1.29, 1.82) is 0 Å². The lowest BCUT2D eigenvalue weighted by molar-refractivity contribution is 0.103. The molecule has 1 N–H and O–H groups in total. The van der Waals surface area contributed by atoms with Crippen LogP contribution in [0.5, 0.6) is 5.75 Å². The Kier molecular flexibility index (Phi) is 5.69. The lowest BCUT2D eigenvalue weighted by Gasteiger charge is -2.08. The Balaban J connectivity index is 1.40. The Hall–Kier alpha value is -2.97. The second-order valence-corrected chi connectivity index (χ2v) is 8.94. The Morgan fingerprint density at radius 1 is 1.17 bits per heavy atom. The SMILES string of the molecule is Cc1ccc(C)c(OCc2csc(C(=O)Nc3nc(-c4cn(C)nc4C)cs3)c2)c1. The van der Waals surface area contributed by atoms with Gasteiger partial charge in [-0.25, -0.2) is 4.98 Å². The Morgan fingerprint density at radius 2 is 2.00 bits per heavy atom. The van der Waals surface area contributed by atoms with Crippen molar-refractivity contribution in [2.24, 2.45) is 7.05 Å². The van der Waals surface area contributed by atoms with Gasteiger partial charge in [0.1, 0.15) is 12.4 Å². The van der Waals surface area contributed by atoms with Gasteiger partial charge in [0.15, 0.2) is 5.13 Å². The number of carbonyl (C=O) groups excluding carboxylic acids is 1. The van der Waals surface area contributed by atoms with E-state index in [-0.39, 0.29) is 5.91 Å². The molecule has 0 unspecified atom stereocenters. The molecular weight excluding hydrogens is 416 g/mol. The predicted octanol–water partition coefficient (Wildman–Crippen LogP) is 5.36. The normalized spacial score (nSPS) is 10.9. The monoisotopic (exact) mass is 438 g/mol. The van der Waals surface area contributed by atoms with Gasteiger partial charge < -0.3 is 4.74 Å². The van der Waals surface area contributed by atoms with E-state index in [1.54, 1.807) is 4.68 Å². The van der Waals surface area contributed by atoms with Crippen molar-refractivity contribution in [2.75, 3.05) is 5.32 Å². The minimum absolute atomic E-state index is 0.165. The number of ether oxygens (including phenoxy) is 1. The third-order valence-corrected chi connectivity index (χ3v) is 6.37. The van der Waals surface area contributed by atoms with Gasteiger partial charge in [0.2, 0.25) is 0 Å². The molecule has 6 nitrogen and oxygen atoms in total. The highest BCUT2D eigenvalue weighted by molar-refractivity contribution is 7.14. The summed E-state index contributed by atoms with van der Waals surface area (Å²) in [6.45, 7) is 6.44. The quantitative estimate of drug-likeness (QED) is 0.440. The minimum Gasteiger partial charge on any atom is -0.489 e. The van der Waals surface area contributed by atoms with Crippen LogP contribution < -0.4 is 10.1 Å². The number of hydrogen-bond acceptors (Lipinski definition) is 6. The van der Waals surface area contributed by atoms with Gasteiger partial charge in [-0.3, -0.25) is 14.8 Å². The first-order valence-corrected chi connectivity index (χ1v) is 11.2. The molecule has 3 aromatic heterocycles. The van der Waals surface area contributed by atoms with E-state index in [0.29, 0.717) is 16.6 Å². The van der Waals surface area contributed by atoms with Crippen LogP contribution in [-0.4, -0.2) is 20.7 Å². The van der Waals surface area contributed by atoms with Gasteiger partial charge in [-0.05, 0) is 49.4 Å². The molecule has 0 saturated heterocycles. The summed E-state index contributed by atoms with van der Waals surface area (Å²) < 4.78 is 7.70. The number of aromatic nitrogens is 3. The number of anilines is 1. The van der Waals surface area contributed by atoms with Crippen LogP contribution >= 0.6 is 22.7 Å². The first kappa shape index (κ1) is 20.3. The second kappa shape index (κ2) is 8.41. The molecule has 0 aliphatic carbocycles. The van der Waals surface area contributed by atoms with Crippen molar-refractivity contribution in [2.45, 2.75) is 27.4 Å². The maximum Gasteiger partial charge on any atom is 0.267 e. The molecule has 0 bridgehead atoms. The summed E-state index contributed by atoms with van der Waals surface area (Å²) in [4.78, 5) is 17.8. The second-order valence-electron chi connectivity index (χ2n) is 7.17. The molecule has 4 rings (SSSR count). The summed E-state index contributed by atoms with van der Waals surface area (Å²) in [6.07, 6.45) is 1.93. The van der Waals surface area contributed by atoms with Gasteiger partial charge >= 0.3 is 0 Å². The highest BCUT2D eigenvalue weighted by Crippen LogP contribution is 2.28. The average Bonchev–Trinajstić information content (AvgIpc) is 3.42. The van der Waals surface area contributed by atoms with Crippen LogP contribution in [0.4, 0.5) is 5.13 Å². The lowest BCUT2D eigenvalue weighted by atomic mass is 10.1. The van der Waals surface area contributed by atoms with Crippen molar-refractivity contribution in [3.63, 3.8) is 0 Å². The number of carbonyl (C=O) groups is 1. The van der Waals surface area contributed by atoms with Crippen molar-refractivity contribution in [3.8, 4) is 17.0 Å². The molecule has 8 heteroatoms. The largest absolute Gasteiger partial charge is 0.489 e. The molecule has 0 fully saturated rings. The van der Waals surface area contributed by atoms with Gasteiger partial charge in [-0.2, -0.15) is 5.10 Å². The van der Waals surface area contributed by atoms with E-state index in [9.17, 15) is 4.79 Å². The number of thiophene rings is 1. The van der Waals surface area contributed by atoms with Crippen LogP contribution in [0.2, 0.25) is 0 Å². The van der Waals surface area contributed by atoms with Crippen LogP contribution in [-0.2, 0) is 13.7 Å². The molecular formula is C22H22N4O2S2. The smallest absolute Gasteiger partial charge is 0.267 e. The molecule has 4 aromatic rings. The van der Waals surface area contributed by atoms with Gasteiger partial charge in [-0.1, -0.05) is 12.1 Å². The van der Waals surface area contributed by atoms with Crippen LogP contribution in [0.25, 0.3) is 11.3 Å². The molecule has 3 heterocycles. The minimum atomic E-state index is -0.165. The van der Waals surface area contributed by atoms with E-state index in [4.69, 9.17) is 4.74 Å². The van der Waals surface area contributed by atoms with Gasteiger partial charge in [-0.15, -0.1) is 22.7 Å². The maximum atomic E-state index is 12.6. The molecule has 0 saturated carbocycles. The number of amides is 1. The summed E-state index contributed by atoms with van der Waals surface area (Å²) >= 11 is 2.80. The number of nitrogens with zero attached hydrogens (tertiary/aromatic N) is 3. The zero-order valence-corrected chi connectivity index (χ0v) is 18.9. The fourth-order valence-electron chi connectivity index (χ4n) is 3.06. The first-order chi connectivity index (χ1) is 14.4. The van der Waals surface area contributed by atoms with E-state index in [1.165, 1.54) is 22.7 Å². The lowest BCUT2D eigenvalue weighted by Crippen LogP contribution is -2.09. The molecule has 0 aliphatic heterocycles. The molecule has 0 atom stereocenters. The van der Waals surface area contributed by atoms with E-state index < -0.39 is 0 Å². The van der Waals surface area contributed by atoms with E-state index in [2.05, 4.69) is 21.5 Å². The van der Waals surface area contributed by atoms with Crippen LogP contribution in [0.1, 0.15) is 32.1 Å². The predicted molar refractivity (Wildman–Crippen MR) is 122 cm³/mol. The number of rotatable bonds is 6. The standard InChI is InChI=1S/C22H22N4O2S2/c1-13-5-6-14(2)19(7-13)28-10-16-8-20(29-11-16)21(27)24-22-23-18(12-30-22)17-9-26(4)25-15(17)3/h5-9,11-12H,10H2,1-4H3,(H,23,24,27). The highest BCUT2D eigenvalue weighted by Gasteiger charge is 2.14. The van der Waals surface area contributed by atoms with Gasteiger partial charge in [0.25, 0.3) is 5.91 Å². The third kappa shape index (κ3) is 4.44. The summed E-state index contributed by atoms with van der Waals surface area (Å²) in [7, 11) is 1.88. The highest BCUT2D eigenvalue weighted by atomic mass is 32.1. The van der Waals surface area contributed by atoms with E-state index in [0.717, 1.165) is 39.4 Å². The fraction of sp³-hybridized carbons (Fsp3) is 0.227. The molecule has 0 spiro atoms. The summed E-state index contributed by atoms with van der Waals surface area (Å²) in [5.74, 6) is 0.704. The number of benzene rings is 1. The van der Waals surface area contributed by atoms with Gasteiger partial charge in [0.05, 0.1) is 16.3 Å². The van der Waals surface area contributed by atoms with Crippen molar-refractivity contribution >= 4 is 33.7 Å². The Bertz CT molecular complexity index is 1210. The van der Waals surface area contributed by atoms with Crippen LogP contribution in [0, 0.1) is 20.8 Å². The van der Waals surface area contributed by atoms with Crippen molar-refractivity contribution in [1.82, 2.24) is 14.8 Å². The van der Waals surface area contributed by atoms with E-state index in [1.807, 2.05) is 63.0 Å². The van der Waals surface area contributed by atoms with Crippen LogP contribution in [0.3, 0.4) is 0 Å². The van der Waals surface area contributed by atoms with Crippen LogP contribution in [0.15, 0.2) is 41.2 Å². The summed E-state index contributed by atoms with van der Waals surface area (Å²) in [6, 6.07) is 8.01. The number of aryl methyl sites for hydroxylation is 4. The van der Waals surface area contributed by atoms with Crippen molar-refractivity contribution in [3.05, 3.63) is 68.5 Å². The molecule has 154 valence electrons. The maximum absolute atomic E-state index is 12.6. The fourth-order valence-corrected chi connectivity index (χ4v) is 4.56.